The molecular formula is C25H36BrN3O2. The molecule has 2 aromatic rings. The third-order valence-electron chi connectivity index (χ3n) is 6.74. The number of piperidine rings is 1. The summed E-state index contributed by atoms with van der Waals surface area (Å²) in [6.07, 6.45) is 8.32. The van der Waals surface area contributed by atoms with Crippen LogP contribution in [0.25, 0.3) is 11.0 Å². The number of benzene rings is 1. The molecule has 0 N–H and O–H groups in total. The topological polar surface area (TPSA) is 47.4 Å². The van der Waals surface area contributed by atoms with Crippen LogP contribution >= 0.6 is 15.9 Å². The van der Waals surface area contributed by atoms with Crippen LogP contribution in [0.4, 0.5) is 4.79 Å². The lowest BCUT2D eigenvalue weighted by Crippen LogP contribution is -2.42. The molecule has 2 aliphatic rings. The first-order valence-electron chi connectivity index (χ1n) is 11.9. The molecule has 1 aliphatic heterocycles. The van der Waals surface area contributed by atoms with Crippen molar-refractivity contribution in [2.45, 2.75) is 90.7 Å². The maximum Gasteiger partial charge on any atom is 0.410 e. The molecule has 1 saturated heterocycles. The van der Waals surface area contributed by atoms with Gasteiger partial charge in [0.25, 0.3) is 0 Å². The lowest BCUT2D eigenvalue weighted by molar-refractivity contribution is 0.0178. The minimum absolute atomic E-state index is 0.178. The van der Waals surface area contributed by atoms with Crippen molar-refractivity contribution in [1.82, 2.24) is 14.5 Å². The Labute approximate surface area is 194 Å². The molecule has 1 aliphatic carbocycles. The Morgan fingerprint density at radius 2 is 1.81 bits per heavy atom. The van der Waals surface area contributed by atoms with Crippen LogP contribution in [0.15, 0.2) is 16.6 Å². The maximum atomic E-state index is 12.4. The summed E-state index contributed by atoms with van der Waals surface area (Å²) < 4.78 is 9.21. The first-order valence-corrected chi connectivity index (χ1v) is 12.6. The second-order valence-corrected chi connectivity index (χ2v) is 11.3. The molecule has 6 heteroatoms. The summed E-state index contributed by atoms with van der Waals surface area (Å²) in [5, 5.41) is 0. The van der Waals surface area contributed by atoms with E-state index in [-0.39, 0.29) is 6.09 Å². The number of aromatic nitrogens is 2. The van der Waals surface area contributed by atoms with Crippen molar-refractivity contribution < 1.29 is 9.53 Å². The molecule has 1 saturated carbocycles. The lowest BCUT2D eigenvalue weighted by Gasteiger charge is -2.34. The van der Waals surface area contributed by atoms with E-state index in [1.54, 1.807) is 0 Å². The molecule has 1 aromatic heterocycles. The first-order chi connectivity index (χ1) is 14.7. The van der Waals surface area contributed by atoms with Gasteiger partial charge in [-0.05, 0) is 77.0 Å². The third kappa shape index (κ3) is 5.27. The Bertz CT molecular complexity index is 932. The molecule has 1 amide bonds. The van der Waals surface area contributed by atoms with Crippen molar-refractivity contribution in [1.29, 1.82) is 0 Å². The molecule has 0 atom stereocenters. The fraction of sp³-hybridized carbons (Fsp3) is 0.680. The fourth-order valence-corrected chi connectivity index (χ4v) is 5.35. The standard InChI is InChI=1S/C25H36BrN3O2/c1-17-14-22-21(15-20(17)26)27-23(19-8-6-5-7-9-19)29(22)16-18-10-12-28(13-11-18)24(30)31-25(2,3)4/h14-15,18-19H,5-13,16H2,1-4H3. The summed E-state index contributed by atoms with van der Waals surface area (Å²) >= 11 is 3.69. The van der Waals surface area contributed by atoms with Crippen molar-refractivity contribution in [3.63, 3.8) is 0 Å². The second-order valence-electron chi connectivity index (χ2n) is 10.4. The Balaban J connectivity index is 1.52. The molecule has 4 rings (SSSR count). The largest absolute Gasteiger partial charge is 0.444 e. The van der Waals surface area contributed by atoms with Crippen LogP contribution in [-0.4, -0.2) is 39.2 Å². The van der Waals surface area contributed by atoms with Crippen molar-refractivity contribution in [3.8, 4) is 0 Å². The predicted molar refractivity (Wildman–Crippen MR) is 129 cm³/mol. The summed E-state index contributed by atoms with van der Waals surface area (Å²) in [6.45, 7) is 10.5. The minimum atomic E-state index is -0.440. The average molecular weight is 490 g/mol. The van der Waals surface area contributed by atoms with Gasteiger partial charge in [-0.15, -0.1) is 0 Å². The van der Waals surface area contributed by atoms with Gasteiger partial charge in [-0.2, -0.15) is 0 Å². The van der Waals surface area contributed by atoms with Crippen molar-refractivity contribution in [3.05, 3.63) is 28.0 Å². The Kier molecular flexibility index (Phi) is 6.66. The third-order valence-corrected chi connectivity index (χ3v) is 7.59. The van der Waals surface area contributed by atoms with Gasteiger partial charge in [-0.1, -0.05) is 35.2 Å². The molecule has 2 fully saturated rings. The Morgan fingerprint density at radius 1 is 1.13 bits per heavy atom. The number of carbonyl (C=O) groups excluding carboxylic acids is 1. The van der Waals surface area contributed by atoms with Gasteiger partial charge in [0.05, 0.1) is 11.0 Å². The zero-order chi connectivity index (χ0) is 22.2. The van der Waals surface area contributed by atoms with E-state index in [1.165, 1.54) is 49.0 Å². The van der Waals surface area contributed by atoms with Crippen LogP contribution in [0, 0.1) is 12.8 Å². The van der Waals surface area contributed by atoms with E-state index in [4.69, 9.17) is 9.72 Å². The molecule has 1 aromatic carbocycles. The van der Waals surface area contributed by atoms with Gasteiger partial charge < -0.3 is 14.2 Å². The number of amides is 1. The number of halogens is 1. The van der Waals surface area contributed by atoms with Gasteiger partial charge in [0.1, 0.15) is 11.4 Å². The Hall–Kier alpha value is -1.56. The number of carbonyl (C=O) groups is 1. The van der Waals surface area contributed by atoms with E-state index in [0.29, 0.717) is 11.8 Å². The lowest BCUT2D eigenvalue weighted by atomic mass is 9.88. The quantitative estimate of drug-likeness (QED) is 0.475. The smallest absolute Gasteiger partial charge is 0.410 e. The van der Waals surface area contributed by atoms with Gasteiger partial charge in [-0.25, -0.2) is 9.78 Å². The van der Waals surface area contributed by atoms with Crippen LogP contribution in [-0.2, 0) is 11.3 Å². The number of fused-ring (bicyclic) bond motifs is 1. The molecule has 31 heavy (non-hydrogen) atoms. The molecule has 0 bridgehead atoms. The summed E-state index contributed by atoms with van der Waals surface area (Å²) in [7, 11) is 0. The minimum Gasteiger partial charge on any atom is -0.444 e. The zero-order valence-electron chi connectivity index (χ0n) is 19.4. The van der Waals surface area contributed by atoms with Gasteiger partial charge in [-0.3, -0.25) is 0 Å². The van der Waals surface area contributed by atoms with E-state index in [9.17, 15) is 4.79 Å². The van der Waals surface area contributed by atoms with Crippen LogP contribution < -0.4 is 0 Å². The van der Waals surface area contributed by atoms with Gasteiger partial charge in [0, 0.05) is 30.0 Å². The Morgan fingerprint density at radius 3 is 2.45 bits per heavy atom. The zero-order valence-corrected chi connectivity index (χ0v) is 21.0. The highest BCUT2D eigenvalue weighted by molar-refractivity contribution is 9.10. The molecule has 0 radical (unpaired) electrons. The monoisotopic (exact) mass is 489 g/mol. The average Bonchev–Trinajstić information content (AvgIpc) is 3.05. The van der Waals surface area contributed by atoms with E-state index < -0.39 is 5.60 Å². The molecule has 5 nitrogen and oxygen atoms in total. The predicted octanol–water partition coefficient (Wildman–Crippen LogP) is 6.80. The number of hydrogen-bond donors (Lipinski definition) is 0. The summed E-state index contributed by atoms with van der Waals surface area (Å²) in [6, 6.07) is 4.47. The molecular weight excluding hydrogens is 454 g/mol. The normalized spacial score (nSPS) is 19.2. The molecule has 2 heterocycles. The van der Waals surface area contributed by atoms with Gasteiger partial charge in [0.15, 0.2) is 0 Å². The number of aryl methyl sites for hydroxylation is 1. The molecule has 0 unspecified atom stereocenters. The summed E-state index contributed by atoms with van der Waals surface area (Å²) in [5.74, 6) is 2.41. The number of hydrogen-bond acceptors (Lipinski definition) is 3. The first kappa shape index (κ1) is 22.6. The second kappa shape index (κ2) is 9.13. The number of ether oxygens (including phenoxy) is 1. The molecule has 170 valence electrons. The summed E-state index contributed by atoms with van der Waals surface area (Å²) in [4.78, 5) is 19.4. The van der Waals surface area contributed by atoms with Crippen molar-refractivity contribution >= 4 is 33.1 Å². The highest BCUT2D eigenvalue weighted by Crippen LogP contribution is 2.36. The van der Waals surface area contributed by atoms with E-state index in [0.717, 1.165) is 42.5 Å². The summed E-state index contributed by atoms with van der Waals surface area (Å²) in [5.41, 5.74) is 3.17. The van der Waals surface area contributed by atoms with Gasteiger partial charge in [0.2, 0.25) is 0 Å². The van der Waals surface area contributed by atoms with Gasteiger partial charge >= 0.3 is 6.09 Å². The number of imidazole rings is 1. The number of rotatable bonds is 3. The van der Waals surface area contributed by atoms with Crippen LogP contribution in [0.1, 0.15) is 83.0 Å². The van der Waals surface area contributed by atoms with Crippen LogP contribution in [0.2, 0.25) is 0 Å². The fourth-order valence-electron chi connectivity index (χ4n) is 5.02. The SMILES string of the molecule is Cc1cc2c(cc1Br)nc(C1CCCCC1)n2CC1CCN(C(=O)OC(C)(C)C)CC1. The number of likely N-dealkylation sites (tertiary alicyclic amines) is 1. The van der Waals surface area contributed by atoms with Crippen molar-refractivity contribution in [2.24, 2.45) is 5.92 Å². The number of nitrogens with zero attached hydrogens (tertiary/aromatic N) is 3. The van der Waals surface area contributed by atoms with Crippen LogP contribution in [0.3, 0.4) is 0 Å². The highest BCUT2D eigenvalue weighted by Gasteiger charge is 2.29. The molecule has 0 spiro atoms. The highest BCUT2D eigenvalue weighted by atomic mass is 79.9. The van der Waals surface area contributed by atoms with E-state index in [2.05, 4.69) is 39.6 Å². The maximum absolute atomic E-state index is 12.4. The van der Waals surface area contributed by atoms with E-state index in [1.807, 2.05) is 25.7 Å². The van der Waals surface area contributed by atoms with E-state index >= 15 is 0 Å². The van der Waals surface area contributed by atoms with Crippen LogP contribution in [0.5, 0.6) is 0 Å². The van der Waals surface area contributed by atoms with Crippen molar-refractivity contribution in [2.75, 3.05) is 13.1 Å².